The average Bonchev–Trinajstić information content (AvgIpc) is 2.81. The van der Waals surface area contributed by atoms with Crippen LogP contribution in [0.25, 0.3) is 0 Å². The van der Waals surface area contributed by atoms with Crippen molar-refractivity contribution >= 4 is 12.1 Å². The molecule has 0 bridgehead atoms. The molecule has 6 heteroatoms. The number of carboxylic acid groups (broad SMARTS) is 1. The van der Waals surface area contributed by atoms with Crippen molar-refractivity contribution in [2.75, 3.05) is 13.2 Å². The predicted molar refractivity (Wildman–Crippen MR) is 82.9 cm³/mol. The third-order valence-electron chi connectivity index (χ3n) is 3.53. The SMILES string of the molecule is CCCCCCO[C@@H]1C[C@H](C(=O)O)N(C(=O)OC(C)(C)C)C1. The lowest BCUT2D eigenvalue weighted by atomic mass is 10.2. The molecular weight excluding hydrogens is 286 g/mol. The van der Waals surface area contributed by atoms with Crippen molar-refractivity contribution < 1.29 is 24.2 Å². The molecule has 1 aliphatic heterocycles. The van der Waals surface area contributed by atoms with Crippen molar-refractivity contribution in [2.24, 2.45) is 0 Å². The van der Waals surface area contributed by atoms with E-state index < -0.39 is 23.7 Å². The number of hydrogen-bond acceptors (Lipinski definition) is 4. The number of likely N-dealkylation sites (tertiary alicyclic amines) is 1. The lowest BCUT2D eigenvalue weighted by Crippen LogP contribution is -2.43. The molecule has 1 N–H and O–H groups in total. The molecule has 22 heavy (non-hydrogen) atoms. The number of nitrogens with zero attached hydrogens (tertiary/aromatic N) is 1. The average molecular weight is 315 g/mol. The van der Waals surface area contributed by atoms with Crippen LogP contribution in [0.15, 0.2) is 0 Å². The zero-order valence-electron chi connectivity index (χ0n) is 14.1. The number of ether oxygens (including phenoxy) is 2. The Labute approximate surface area is 132 Å². The van der Waals surface area contributed by atoms with E-state index >= 15 is 0 Å². The molecule has 1 heterocycles. The largest absolute Gasteiger partial charge is 0.480 e. The first-order valence-electron chi connectivity index (χ1n) is 8.08. The standard InChI is InChI=1S/C16H29NO5/c1-5-6-7-8-9-21-12-10-13(14(18)19)17(11-12)15(20)22-16(2,3)4/h12-13H,5-11H2,1-4H3,(H,18,19)/t12-,13-/m1/s1. The van der Waals surface area contributed by atoms with Gasteiger partial charge in [0.25, 0.3) is 0 Å². The van der Waals surface area contributed by atoms with Gasteiger partial charge in [0.1, 0.15) is 11.6 Å². The Hall–Kier alpha value is -1.30. The van der Waals surface area contributed by atoms with Crippen LogP contribution in [0.5, 0.6) is 0 Å². The number of unbranched alkanes of at least 4 members (excludes halogenated alkanes) is 3. The first kappa shape index (κ1) is 18.7. The van der Waals surface area contributed by atoms with E-state index in [0.717, 1.165) is 19.3 Å². The summed E-state index contributed by atoms with van der Waals surface area (Å²) in [6, 6.07) is -0.865. The van der Waals surface area contributed by atoms with E-state index in [1.54, 1.807) is 20.8 Å². The van der Waals surface area contributed by atoms with E-state index in [0.29, 0.717) is 13.0 Å². The number of rotatable bonds is 7. The Balaban J connectivity index is 2.50. The van der Waals surface area contributed by atoms with Gasteiger partial charge in [0.15, 0.2) is 0 Å². The molecule has 0 unspecified atom stereocenters. The van der Waals surface area contributed by atoms with Crippen molar-refractivity contribution in [3.8, 4) is 0 Å². The van der Waals surface area contributed by atoms with E-state index in [2.05, 4.69) is 6.92 Å². The van der Waals surface area contributed by atoms with Gasteiger partial charge in [-0.1, -0.05) is 26.2 Å². The van der Waals surface area contributed by atoms with E-state index in [4.69, 9.17) is 9.47 Å². The highest BCUT2D eigenvalue weighted by atomic mass is 16.6. The summed E-state index contributed by atoms with van der Waals surface area (Å²) in [7, 11) is 0. The first-order chi connectivity index (χ1) is 10.2. The summed E-state index contributed by atoms with van der Waals surface area (Å²) in [6.07, 6.45) is 3.93. The second-order valence-corrected chi connectivity index (χ2v) is 6.78. The molecule has 1 aliphatic rings. The molecule has 0 radical (unpaired) electrons. The first-order valence-corrected chi connectivity index (χ1v) is 8.08. The Morgan fingerprint density at radius 1 is 1.23 bits per heavy atom. The topological polar surface area (TPSA) is 76.1 Å². The summed E-state index contributed by atoms with van der Waals surface area (Å²) in [4.78, 5) is 24.7. The predicted octanol–water partition coefficient (Wildman–Crippen LogP) is 3.05. The van der Waals surface area contributed by atoms with Crippen LogP contribution in [0.1, 0.15) is 59.8 Å². The van der Waals surface area contributed by atoms with E-state index in [1.807, 2.05) is 0 Å². The van der Waals surface area contributed by atoms with Gasteiger partial charge < -0.3 is 14.6 Å². The summed E-state index contributed by atoms with van der Waals surface area (Å²) in [5.41, 5.74) is -0.640. The monoisotopic (exact) mass is 315 g/mol. The highest BCUT2D eigenvalue weighted by Crippen LogP contribution is 2.23. The van der Waals surface area contributed by atoms with Crippen LogP contribution < -0.4 is 0 Å². The molecule has 0 aromatic heterocycles. The lowest BCUT2D eigenvalue weighted by molar-refractivity contribution is -0.142. The summed E-state index contributed by atoms with van der Waals surface area (Å²) >= 11 is 0. The van der Waals surface area contributed by atoms with Crippen LogP contribution in [-0.4, -0.2) is 53.0 Å². The minimum Gasteiger partial charge on any atom is -0.480 e. The van der Waals surface area contributed by atoms with Crippen molar-refractivity contribution in [1.82, 2.24) is 4.90 Å². The van der Waals surface area contributed by atoms with Crippen LogP contribution in [0, 0.1) is 0 Å². The van der Waals surface area contributed by atoms with Gasteiger partial charge in [0, 0.05) is 13.0 Å². The summed E-state index contributed by atoms with van der Waals surface area (Å²) < 4.78 is 11.0. The third kappa shape index (κ3) is 6.22. The molecule has 0 aliphatic carbocycles. The third-order valence-corrected chi connectivity index (χ3v) is 3.53. The lowest BCUT2D eigenvalue weighted by Gasteiger charge is -2.26. The van der Waals surface area contributed by atoms with Crippen LogP contribution in [-0.2, 0) is 14.3 Å². The molecule has 1 saturated heterocycles. The van der Waals surface area contributed by atoms with Crippen molar-refractivity contribution in [3.05, 3.63) is 0 Å². The second kappa shape index (κ2) is 8.36. The zero-order valence-corrected chi connectivity index (χ0v) is 14.1. The van der Waals surface area contributed by atoms with Gasteiger partial charge in [0.2, 0.25) is 0 Å². The molecule has 128 valence electrons. The molecule has 0 aromatic rings. The van der Waals surface area contributed by atoms with Crippen molar-refractivity contribution in [1.29, 1.82) is 0 Å². The molecule has 2 atom stereocenters. The van der Waals surface area contributed by atoms with E-state index in [-0.39, 0.29) is 12.6 Å². The number of aliphatic carboxylic acids is 1. The summed E-state index contributed by atoms with van der Waals surface area (Å²) in [6.45, 7) is 8.32. The minimum atomic E-state index is -1.01. The van der Waals surface area contributed by atoms with Gasteiger partial charge in [-0.2, -0.15) is 0 Å². The molecule has 6 nitrogen and oxygen atoms in total. The molecule has 0 aromatic carbocycles. The van der Waals surface area contributed by atoms with Crippen LogP contribution in [0.3, 0.4) is 0 Å². The molecule has 1 fully saturated rings. The Bertz CT molecular complexity index is 377. The molecular formula is C16H29NO5. The summed E-state index contributed by atoms with van der Waals surface area (Å²) in [5, 5.41) is 9.29. The van der Waals surface area contributed by atoms with Gasteiger partial charge >= 0.3 is 12.1 Å². The smallest absolute Gasteiger partial charge is 0.411 e. The number of amides is 1. The normalized spacial score (nSPS) is 21.9. The highest BCUT2D eigenvalue weighted by molar-refractivity contribution is 5.81. The van der Waals surface area contributed by atoms with E-state index in [9.17, 15) is 14.7 Å². The fourth-order valence-electron chi connectivity index (χ4n) is 2.45. The fourth-order valence-corrected chi connectivity index (χ4v) is 2.45. The molecule has 1 amide bonds. The van der Waals surface area contributed by atoms with Crippen LogP contribution in [0.4, 0.5) is 4.79 Å². The highest BCUT2D eigenvalue weighted by Gasteiger charge is 2.41. The maximum absolute atomic E-state index is 12.1. The number of carbonyl (C=O) groups is 2. The Kier molecular flexibility index (Phi) is 7.13. The number of carboxylic acids is 1. The van der Waals surface area contributed by atoms with Gasteiger partial charge in [0.05, 0.1) is 12.6 Å². The maximum atomic E-state index is 12.1. The van der Waals surface area contributed by atoms with Crippen molar-refractivity contribution in [3.63, 3.8) is 0 Å². The van der Waals surface area contributed by atoms with E-state index in [1.165, 1.54) is 11.3 Å². The Morgan fingerprint density at radius 2 is 1.91 bits per heavy atom. The number of hydrogen-bond donors (Lipinski definition) is 1. The quantitative estimate of drug-likeness (QED) is 0.731. The molecule has 0 spiro atoms. The van der Waals surface area contributed by atoms with Crippen LogP contribution in [0.2, 0.25) is 0 Å². The maximum Gasteiger partial charge on any atom is 0.411 e. The Morgan fingerprint density at radius 3 is 2.45 bits per heavy atom. The summed E-state index contributed by atoms with van der Waals surface area (Å²) in [5.74, 6) is -1.01. The van der Waals surface area contributed by atoms with Crippen molar-refractivity contribution in [2.45, 2.75) is 77.5 Å². The van der Waals surface area contributed by atoms with Gasteiger partial charge in [-0.05, 0) is 27.2 Å². The van der Waals surface area contributed by atoms with Gasteiger partial charge in [-0.15, -0.1) is 0 Å². The van der Waals surface area contributed by atoms with Gasteiger partial charge in [-0.3, -0.25) is 4.90 Å². The second-order valence-electron chi connectivity index (χ2n) is 6.78. The number of carbonyl (C=O) groups excluding carboxylic acids is 1. The molecule has 1 rings (SSSR count). The molecule has 0 saturated carbocycles. The minimum absolute atomic E-state index is 0.227. The van der Waals surface area contributed by atoms with Gasteiger partial charge in [-0.25, -0.2) is 9.59 Å². The zero-order chi connectivity index (χ0) is 16.8. The fraction of sp³-hybridized carbons (Fsp3) is 0.875. The van der Waals surface area contributed by atoms with Crippen LogP contribution >= 0.6 is 0 Å².